The quantitative estimate of drug-likeness (QED) is 0.716. The molecule has 0 radical (unpaired) electrons. The second kappa shape index (κ2) is 9.16. The van der Waals surface area contributed by atoms with E-state index in [0.29, 0.717) is 21.4 Å². The van der Waals surface area contributed by atoms with Crippen molar-refractivity contribution in [1.29, 1.82) is 0 Å². The van der Waals surface area contributed by atoms with Gasteiger partial charge in [-0.2, -0.15) is 0 Å². The first-order valence-corrected chi connectivity index (χ1v) is 9.85. The van der Waals surface area contributed by atoms with Crippen molar-refractivity contribution in [2.45, 2.75) is 24.8 Å². The van der Waals surface area contributed by atoms with Crippen molar-refractivity contribution < 1.29 is 18.5 Å². The van der Waals surface area contributed by atoms with E-state index in [1.807, 2.05) is 0 Å². The van der Waals surface area contributed by atoms with Gasteiger partial charge in [0.1, 0.15) is 0 Å². The van der Waals surface area contributed by atoms with Gasteiger partial charge in [-0.3, -0.25) is 9.00 Å². The maximum absolute atomic E-state index is 12.4. The average Bonchev–Trinajstić information content (AvgIpc) is 2.64. The molecule has 0 bridgehead atoms. The predicted molar refractivity (Wildman–Crippen MR) is 103 cm³/mol. The summed E-state index contributed by atoms with van der Waals surface area (Å²) in [7, 11) is -1.32. The van der Waals surface area contributed by atoms with Crippen LogP contribution in [-0.2, 0) is 20.3 Å². The number of ether oxygens (including phenoxy) is 1. The molecule has 2 rings (SSSR count). The molecule has 0 heterocycles. The molecule has 1 amide bonds. The zero-order chi connectivity index (χ0) is 19.3. The van der Waals surface area contributed by atoms with Crippen LogP contribution in [0.3, 0.4) is 0 Å². The molecule has 0 aliphatic carbocycles. The van der Waals surface area contributed by atoms with E-state index in [1.165, 1.54) is 13.0 Å². The summed E-state index contributed by atoms with van der Waals surface area (Å²) >= 11 is 11.9. The predicted octanol–water partition coefficient (Wildman–Crippen LogP) is 4.30. The zero-order valence-electron chi connectivity index (χ0n) is 14.1. The number of amides is 1. The maximum atomic E-state index is 12.4. The molecule has 138 valence electrons. The van der Waals surface area contributed by atoms with Gasteiger partial charge in [0, 0.05) is 5.75 Å². The Morgan fingerprint density at radius 3 is 2.54 bits per heavy atom. The Morgan fingerprint density at radius 2 is 1.85 bits per heavy atom. The van der Waals surface area contributed by atoms with Gasteiger partial charge in [-0.15, -0.1) is 0 Å². The van der Waals surface area contributed by atoms with Crippen LogP contribution in [-0.4, -0.2) is 27.9 Å². The SMILES string of the molecule is CC[S@](=O)c1ccccc1C(=O)O[C@H](C)C(=O)Nc1cccc(Cl)c1Cl. The molecule has 0 saturated heterocycles. The molecule has 2 aromatic rings. The van der Waals surface area contributed by atoms with Gasteiger partial charge < -0.3 is 10.1 Å². The van der Waals surface area contributed by atoms with Crippen LogP contribution in [0.5, 0.6) is 0 Å². The molecule has 2 atom stereocenters. The van der Waals surface area contributed by atoms with Gasteiger partial charge in [0.25, 0.3) is 5.91 Å². The monoisotopic (exact) mass is 413 g/mol. The van der Waals surface area contributed by atoms with Crippen LogP contribution in [0, 0.1) is 0 Å². The van der Waals surface area contributed by atoms with Gasteiger partial charge in [-0.1, -0.05) is 48.3 Å². The number of halogens is 2. The van der Waals surface area contributed by atoms with Crippen molar-refractivity contribution in [3.05, 3.63) is 58.1 Å². The first-order valence-electron chi connectivity index (χ1n) is 7.78. The van der Waals surface area contributed by atoms with Crippen LogP contribution < -0.4 is 5.32 Å². The molecule has 2 aromatic carbocycles. The molecule has 1 N–H and O–H groups in total. The first-order chi connectivity index (χ1) is 12.3. The Kier molecular flexibility index (Phi) is 7.20. The lowest BCUT2D eigenvalue weighted by molar-refractivity contribution is -0.123. The second-order valence-corrected chi connectivity index (χ2v) is 7.76. The Hall–Kier alpha value is -1.89. The van der Waals surface area contributed by atoms with Crippen LogP contribution in [0.1, 0.15) is 24.2 Å². The topological polar surface area (TPSA) is 72.5 Å². The molecule has 5 nitrogen and oxygen atoms in total. The van der Waals surface area contributed by atoms with E-state index in [4.69, 9.17) is 27.9 Å². The highest BCUT2D eigenvalue weighted by Crippen LogP contribution is 2.29. The summed E-state index contributed by atoms with van der Waals surface area (Å²) in [6.07, 6.45) is -1.08. The van der Waals surface area contributed by atoms with Crippen molar-refractivity contribution in [3.63, 3.8) is 0 Å². The van der Waals surface area contributed by atoms with E-state index in [2.05, 4.69) is 5.32 Å². The van der Waals surface area contributed by atoms with Gasteiger partial charge >= 0.3 is 5.97 Å². The number of anilines is 1. The minimum Gasteiger partial charge on any atom is -0.449 e. The van der Waals surface area contributed by atoms with Crippen LogP contribution in [0.4, 0.5) is 5.69 Å². The van der Waals surface area contributed by atoms with E-state index < -0.39 is 28.8 Å². The normalized spacial score (nSPS) is 12.9. The summed E-state index contributed by atoms with van der Waals surface area (Å²) in [6, 6.07) is 11.3. The Balaban J connectivity index is 2.11. The molecule has 0 aliphatic heterocycles. The number of carbonyl (C=O) groups is 2. The smallest absolute Gasteiger partial charge is 0.340 e. The number of carbonyl (C=O) groups excluding carboxylic acids is 2. The minimum absolute atomic E-state index is 0.174. The van der Waals surface area contributed by atoms with Crippen molar-refractivity contribution in [3.8, 4) is 0 Å². The fourth-order valence-electron chi connectivity index (χ4n) is 2.10. The lowest BCUT2D eigenvalue weighted by Crippen LogP contribution is -2.30. The third-order valence-electron chi connectivity index (χ3n) is 3.48. The van der Waals surface area contributed by atoms with E-state index in [1.54, 1.807) is 43.3 Å². The first kappa shape index (κ1) is 20.4. The van der Waals surface area contributed by atoms with Gasteiger partial charge in [0.2, 0.25) is 0 Å². The summed E-state index contributed by atoms with van der Waals surface area (Å²) in [5.74, 6) is -0.910. The second-order valence-electron chi connectivity index (χ2n) is 5.27. The largest absolute Gasteiger partial charge is 0.449 e. The molecule has 0 spiro atoms. The van der Waals surface area contributed by atoms with Crippen LogP contribution in [0.15, 0.2) is 47.4 Å². The molecule has 0 fully saturated rings. The molecule has 0 saturated carbocycles. The number of benzene rings is 2. The molecule has 8 heteroatoms. The molecule has 26 heavy (non-hydrogen) atoms. The van der Waals surface area contributed by atoms with Gasteiger partial charge in [0.05, 0.1) is 37.0 Å². The summed E-state index contributed by atoms with van der Waals surface area (Å²) in [5, 5.41) is 3.06. The highest BCUT2D eigenvalue weighted by molar-refractivity contribution is 7.85. The third kappa shape index (κ3) is 4.84. The Morgan fingerprint density at radius 1 is 1.15 bits per heavy atom. The van der Waals surface area contributed by atoms with Crippen molar-refractivity contribution in [2.24, 2.45) is 0 Å². The lowest BCUT2D eigenvalue weighted by atomic mass is 10.2. The van der Waals surface area contributed by atoms with E-state index in [9.17, 15) is 13.8 Å². The molecule has 0 aromatic heterocycles. The number of hydrogen-bond acceptors (Lipinski definition) is 4. The highest BCUT2D eigenvalue weighted by atomic mass is 35.5. The van der Waals surface area contributed by atoms with Crippen LogP contribution in [0.2, 0.25) is 10.0 Å². The van der Waals surface area contributed by atoms with Crippen molar-refractivity contribution >= 4 is 51.6 Å². The van der Waals surface area contributed by atoms with E-state index in [0.717, 1.165) is 0 Å². The summed E-state index contributed by atoms with van der Waals surface area (Å²) < 4.78 is 17.3. The van der Waals surface area contributed by atoms with E-state index in [-0.39, 0.29) is 10.6 Å². The number of rotatable bonds is 6. The maximum Gasteiger partial charge on any atom is 0.340 e. The fourth-order valence-corrected chi connectivity index (χ4v) is 3.39. The van der Waals surface area contributed by atoms with E-state index >= 15 is 0 Å². The minimum atomic E-state index is -1.32. The van der Waals surface area contributed by atoms with Crippen molar-refractivity contribution in [2.75, 3.05) is 11.1 Å². The molecule has 0 unspecified atom stereocenters. The third-order valence-corrected chi connectivity index (χ3v) is 5.67. The number of nitrogens with one attached hydrogen (secondary N) is 1. The van der Waals surface area contributed by atoms with Gasteiger partial charge in [0.15, 0.2) is 6.10 Å². The van der Waals surface area contributed by atoms with Gasteiger partial charge in [-0.05, 0) is 31.2 Å². The molecular formula is C18H17Cl2NO4S. The standard InChI is InChI=1S/C18H17Cl2NO4S/c1-3-26(24)15-10-5-4-7-12(15)18(23)25-11(2)17(22)21-14-9-6-8-13(19)16(14)20/h4-11H,3H2,1-2H3,(H,21,22)/t11-,26+/m1/s1. The number of esters is 1. The van der Waals surface area contributed by atoms with Crippen molar-refractivity contribution in [1.82, 2.24) is 0 Å². The molecule has 0 aliphatic rings. The average molecular weight is 414 g/mol. The summed E-state index contributed by atoms with van der Waals surface area (Å²) in [4.78, 5) is 25.0. The Labute approximate surface area is 164 Å². The summed E-state index contributed by atoms with van der Waals surface area (Å²) in [5.41, 5.74) is 0.493. The molecular weight excluding hydrogens is 397 g/mol. The fraction of sp³-hybridized carbons (Fsp3) is 0.222. The van der Waals surface area contributed by atoms with Gasteiger partial charge in [-0.25, -0.2) is 4.79 Å². The van der Waals surface area contributed by atoms with Crippen LogP contribution >= 0.6 is 23.2 Å². The highest BCUT2D eigenvalue weighted by Gasteiger charge is 2.22. The Bertz CT molecular complexity index is 857. The van der Waals surface area contributed by atoms with Crippen LogP contribution in [0.25, 0.3) is 0 Å². The number of hydrogen-bond donors (Lipinski definition) is 1. The lowest BCUT2D eigenvalue weighted by Gasteiger charge is -2.15. The zero-order valence-corrected chi connectivity index (χ0v) is 16.5. The summed E-state index contributed by atoms with van der Waals surface area (Å²) in [6.45, 7) is 3.19.